The van der Waals surface area contributed by atoms with Gasteiger partial charge in [0.05, 0.1) is 11.8 Å². The Morgan fingerprint density at radius 1 is 1.17 bits per heavy atom. The molecule has 0 unspecified atom stereocenters. The zero-order valence-electron chi connectivity index (χ0n) is 12.2. The first kappa shape index (κ1) is 14.1. The number of allylic oxidation sites excluding steroid dienone is 2. The molecule has 0 radical (unpaired) electrons. The van der Waals surface area contributed by atoms with Crippen molar-refractivity contribution in [2.45, 2.75) is 6.42 Å². The largest absolute Gasteiger partial charge is 0.324 e. The molecule has 1 aromatic rings. The van der Waals surface area contributed by atoms with Crippen LogP contribution in [-0.4, -0.2) is 29.2 Å². The van der Waals surface area contributed by atoms with Crippen LogP contribution < -0.4 is 5.32 Å². The van der Waals surface area contributed by atoms with E-state index in [2.05, 4.69) is 5.32 Å². The van der Waals surface area contributed by atoms with Gasteiger partial charge in [-0.2, -0.15) is 0 Å². The van der Waals surface area contributed by atoms with Crippen molar-refractivity contribution in [3.8, 4) is 0 Å². The summed E-state index contributed by atoms with van der Waals surface area (Å²) < 4.78 is 13.1. The molecular formula is C17H15FN2O3. The molecule has 3 amide bonds. The van der Waals surface area contributed by atoms with Crippen molar-refractivity contribution in [3.05, 3.63) is 42.2 Å². The second-order valence-electron chi connectivity index (χ2n) is 6.32. The molecule has 0 aromatic heterocycles. The summed E-state index contributed by atoms with van der Waals surface area (Å²) in [7, 11) is 0. The van der Waals surface area contributed by atoms with Crippen LogP contribution in [0.5, 0.6) is 0 Å². The number of rotatable bonds is 3. The highest BCUT2D eigenvalue weighted by Crippen LogP contribution is 2.52. The van der Waals surface area contributed by atoms with Crippen LogP contribution in [0.25, 0.3) is 0 Å². The highest BCUT2D eigenvalue weighted by Gasteiger charge is 2.59. The summed E-state index contributed by atoms with van der Waals surface area (Å²) in [4.78, 5) is 38.0. The first-order valence-electron chi connectivity index (χ1n) is 7.63. The number of amides is 3. The van der Waals surface area contributed by atoms with E-state index in [1.165, 1.54) is 18.2 Å². The lowest BCUT2D eigenvalue weighted by Gasteiger charge is -2.16. The zero-order valence-corrected chi connectivity index (χ0v) is 12.2. The maximum Gasteiger partial charge on any atom is 0.244 e. The van der Waals surface area contributed by atoms with Gasteiger partial charge < -0.3 is 5.32 Å². The number of anilines is 1. The molecule has 5 nitrogen and oxygen atoms in total. The predicted octanol–water partition coefficient (Wildman–Crippen LogP) is 1.57. The summed E-state index contributed by atoms with van der Waals surface area (Å²) in [5, 5.41) is 2.51. The average Bonchev–Trinajstić information content (AvgIpc) is 3.17. The van der Waals surface area contributed by atoms with Gasteiger partial charge >= 0.3 is 0 Å². The van der Waals surface area contributed by atoms with Gasteiger partial charge in [-0.3, -0.25) is 19.3 Å². The summed E-state index contributed by atoms with van der Waals surface area (Å²) in [5.41, 5.74) is 0.302. The quantitative estimate of drug-likeness (QED) is 0.680. The van der Waals surface area contributed by atoms with Crippen LogP contribution in [0, 0.1) is 29.5 Å². The van der Waals surface area contributed by atoms with E-state index in [-0.39, 0.29) is 42.0 Å². The Hall–Kier alpha value is -2.50. The maximum atomic E-state index is 13.1. The molecule has 0 spiro atoms. The molecule has 1 heterocycles. The predicted molar refractivity (Wildman–Crippen MR) is 79.5 cm³/mol. The highest BCUT2D eigenvalue weighted by molar-refractivity contribution is 6.09. The molecule has 2 aliphatic carbocycles. The van der Waals surface area contributed by atoms with E-state index in [1.807, 2.05) is 12.2 Å². The fraction of sp³-hybridized carbons (Fsp3) is 0.353. The van der Waals surface area contributed by atoms with Gasteiger partial charge in [-0.1, -0.05) is 18.2 Å². The monoisotopic (exact) mass is 314 g/mol. The number of imide groups is 1. The summed E-state index contributed by atoms with van der Waals surface area (Å²) in [5.74, 6) is -1.85. The lowest BCUT2D eigenvalue weighted by Crippen LogP contribution is -2.39. The molecule has 1 aromatic carbocycles. The van der Waals surface area contributed by atoms with E-state index in [9.17, 15) is 18.8 Å². The number of carbonyl (C=O) groups is 3. The molecule has 2 fully saturated rings. The van der Waals surface area contributed by atoms with Gasteiger partial charge in [0.25, 0.3) is 0 Å². The van der Waals surface area contributed by atoms with Crippen LogP contribution in [-0.2, 0) is 14.4 Å². The zero-order chi connectivity index (χ0) is 16.1. The van der Waals surface area contributed by atoms with Crippen molar-refractivity contribution >= 4 is 23.4 Å². The number of hydrogen-bond donors (Lipinski definition) is 1. The smallest absolute Gasteiger partial charge is 0.244 e. The Morgan fingerprint density at radius 2 is 1.83 bits per heavy atom. The molecule has 4 atom stereocenters. The van der Waals surface area contributed by atoms with Gasteiger partial charge in [0.15, 0.2) is 0 Å². The van der Waals surface area contributed by atoms with Crippen molar-refractivity contribution in [1.29, 1.82) is 0 Å². The Labute approximate surface area is 132 Å². The Kier molecular flexibility index (Phi) is 3.07. The van der Waals surface area contributed by atoms with E-state index in [1.54, 1.807) is 6.07 Å². The Morgan fingerprint density at radius 3 is 2.43 bits per heavy atom. The van der Waals surface area contributed by atoms with E-state index in [4.69, 9.17) is 0 Å². The topological polar surface area (TPSA) is 66.5 Å². The van der Waals surface area contributed by atoms with Gasteiger partial charge in [-0.05, 0) is 36.5 Å². The van der Waals surface area contributed by atoms with Crippen LogP contribution in [0.15, 0.2) is 36.4 Å². The molecule has 118 valence electrons. The standard InChI is InChI=1S/C17H15FN2O3/c18-11-2-1-3-12(7-11)19-13(21)8-20-16(22)14-9-4-5-10(6-9)15(14)17(20)23/h1-5,7,9-10,14-15H,6,8H2,(H,19,21)/t9-,10-,14-,15-/m0/s1. The van der Waals surface area contributed by atoms with Crippen LogP contribution in [0.3, 0.4) is 0 Å². The van der Waals surface area contributed by atoms with E-state index in [0.29, 0.717) is 5.69 Å². The van der Waals surface area contributed by atoms with E-state index in [0.717, 1.165) is 11.3 Å². The Balaban J connectivity index is 1.46. The fourth-order valence-corrected chi connectivity index (χ4v) is 4.03. The number of nitrogens with one attached hydrogen (secondary N) is 1. The molecule has 4 rings (SSSR count). The van der Waals surface area contributed by atoms with Crippen molar-refractivity contribution in [2.75, 3.05) is 11.9 Å². The summed E-state index contributed by atoms with van der Waals surface area (Å²) in [6, 6.07) is 5.48. The first-order valence-corrected chi connectivity index (χ1v) is 7.63. The van der Waals surface area contributed by atoms with E-state index >= 15 is 0 Å². The lowest BCUT2D eigenvalue weighted by atomic mass is 9.85. The third kappa shape index (κ3) is 2.17. The number of hydrogen-bond acceptors (Lipinski definition) is 3. The fourth-order valence-electron chi connectivity index (χ4n) is 4.03. The number of likely N-dealkylation sites (tertiary alicyclic amines) is 1. The number of carbonyl (C=O) groups excluding carboxylic acids is 3. The second-order valence-corrected chi connectivity index (χ2v) is 6.32. The maximum absolute atomic E-state index is 13.1. The normalized spacial score (nSPS) is 30.9. The van der Waals surface area contributed by atoms with Gasteiger partial charge in [0, 0.05) is 5.69 Å². The number of nitrogens with zero attached hydrogens (tertiary/aromatic N) is 1. The van der Waals surface area contributed by atoms with Crippen molar-refractivity contribution in [2.24, 2.45) is 23.7 Å². The average molecular weight is 314 g/mol. The SMILES string of the molecule is O=C(CN1C(=O)[C@@H]2[C@@H](C1=O)[C@H]1C=C[C@H]2C1)Nc1cccc(F)c1. The summed E-state index contributed by atoms with van der Waals surface area (Å²) in [6.07, 6.45) is 4.87. The van der Waals surface area contributed by atoms with Crippen molar-refractivity contribution < 1.29 is 18.8 Å². The number of halogens is 1. The lowest BCUT2D eigenvalue weighted by molar-refractivity contribution is -0.143. The third-order valence-electron chi connectivity index (χ3n) is 4.97. The molecule has 2 bridgehead atoms. The molecule has 6 heteroatoms. The molecule has 3 aliphatic rings. The molecule has 23 heavy (non-hydrogen) atoms. The molecule has 1 saturated carbocycles. The van der Waals surface area contributed by atoms with Crippen LogP contribution in [0.4, 0.5) is 10.1 Å². The van der Waals surface area contributed by atoms with Crippen molar-refractivity contribution in [3.63, 3.8) is 0 Å². The number of benzene rings is 1. The summed E-state index contributed by atoms with van der Waals surface area (Å²) >= 11 is 0. The van der Waals surface area contributed by atoms with Gasteiger partial charge in [0.2, 0.25) is 17.7 Å². The van der Waals surface area contributed by atoms with E-state index < -0.39 is 11.7 Å². The second kappa shape index (κ2) is 5.01. The minimum atomic E-state index is -0.502. The van der Waals surface area contributed by atoms with Crippen LogP contribution >= 0.6 is 0 Å². The number of fused-ring (bicyclic) bond motifs is 5. The Bertz CT molecular complexity index is 715. The van der Waals surface area contributed by atoms with Gasteiger partial charge in [0.1, 0.15) is 12.4 Å². The van der Waals surface area contributed by atoms with Gasteiger partial charge in [-0.25, -0.2) is 4.39 Å². The third-order valence-corrected chi connectivity index (χ3v) is 4.97. The molecule has 1 aliphatic heterocycles. The molecule has 1 saturated heterocycles. The van der Waals surface area contributed by atoms with Gasteiger partial charge in [-0.15, -0.1) is 0 Å². The minimum absolute atomic E-state index is 0.123. The minimum Gasteiger partial charge on any atom is -0.324 e. The molecular weight excluding hydrogens is 299 g/mol. The van der Waals surface area contributed by atoms with Crippen LogP contribution in [0.2, 0.25) is 0 Å². The highest BCUT2D eigenvalue weighted by atomic mass is 19.1. The van der Waals surface area contributed by atoms with Crippen LogP contribution in [0.1, 0.15) is 6.42 Å². The summed E-state index contributed by atoms with van der Waals surface area (Å²) in [6.45, 7) is -0.319. The van der Waals surface area contributed by atoms with Crippen molar-refractivity contribution in [1.82, 2.24) is 4.90 Å². The first-order chi connectivity index (χ1) is 11.0. The molecule has 1 N–H and O–H groups in total.